The average molecular weight is 238 g/mol. The van der Waals surface area contributed by atoms with Crippen molar-refractivity contribution in [1.29, 1.82) is 0 Å². The average Bonchev–Trinajstić information content (AvgIpc) is 2.66. The maximum atomic E-state index is 12.2. The van der Waals surface area contributed by atoms with E-state index in [9.17, 15) is 4.79 Å². The Morgan fingerprint density at radius 2 is 2.06 bits per heavy atom. The van der Waals surface area contributed by atoms with Crippen LogP contribution in [0.1, 0.15) is 52.9 Å². The van der Waals surface area contributed by atoms with Crippen molar-refractivity contribution in [2.24, 2.45) is 11.8 Å². The molecule has 1 saturated carbocycles. The summed E-state index contributed by atoms with van der Waals surface area (Å²) in [5.74, 6) is 1.92. The molecule has 3 nitrogen and oxygen atoms in total. The van der Waals surface area contributed by atoms with Gasteiger partial charge in [0.2, 0.25) is 5.91 Å². The van der Waals surface area contributed by atoms with Crippen molar-refractivity contribution in [2.75, 3.05) is 6.67 Å². The molecule has 0 spiro atoms. The molecule has 1 N–H and O–H groups in total. The lowest BCUT2D eigenvalue weighted by atomic mass is 9.78. The highest BCUT2D eigenvalue weighted by molar-refractivity contribution is 5.84. The number of hydrogen-bond acceptors (Lipinski definition) is 2. The van der Waals surface area contributed by atoms with Crippen molar-refractivity contribution >= 4 is 5.91 Å². The zero-order valence-electron chi connectivity index (χ0n) is 11.4. The van der Waals surface area contributed by atoms with Crippen LogP contribution in [0.25, 0.3) is 0 Å². The van der Waals surface area contributed by atoms with Crippen molar-refractivity contribution in [2.45, 2.75) is 65.0 Å². The van der Waals surface area contributed by atoms with Gasteiger partial charge in [-0.3, -0.25) is 10.1 Å². The second-order valence-electron chi connectivity index (χ2n) is 5.93. The van der Waals surface area contributed by atoms with E-state index in [1.807, 2.05) is 0 Å². The smallest absolute Gasteiger partial charge is 0.241 e. The van der Waals surface area contributed by atoms with Crippen LogP contribution in [0.2, 0.25) is 0 Å². The molecule has 0 aromatic heterocycles. The number of carbonyl (C=O) groups excluding carboxylic acids is 1. The predicted octanol–water partition coefficient (Wildman–Crippen LogP) is 2.37. The molecule has 0 bridgehead atoms. The second-order valence-corrected chi connectivity index (χ2v) is 5.93. The molecule has 4 atom stereocenters. The van der Waals surface area contributed by atoms with Crippen LogP contribution in [0.3, 0.4) is 0 Å². The van der Waals surface area contributed by atoms with Gasteiger partial charge in [-0.15, -0.1) is 0 Å². The van der Waals surface area contributed by atoms with E-state index in [4.69, 9.17) is 0 Å². The van der Waals surface area contributed by atoms with Crippen LogP contribution < -0.4 is 5.32 Å². The van der Waals surface area contributed by atoms with Gasteiger partial charge >= 0.3 is 0 Å². The summed E-state index contributed by atoms with van der Waals surface area (Å²) < 4.78 is 0. The number of nitrogens with one attached hydrogen (secondary N) is 1. The van der Waals surface area contributed by atoms with Crippen molar-refractivity contribution in [3.8, 4) is 0 Å². The molecule has 0 aromatic carbocycles. The molecular formula is C14H26N2O. The van der Waals surface area contributed by atoms with E-state index >= 15 is 0 Å². The second kappa shape index (κ2) is 5.38. The highest BCUT2D eigenvalue weighted by Crippen LogP contribution is 2.33. The molecular weight excluding hydrogens is 212 g/mol. The minimum absolute atomic E-state index is 0.0923. The molecule has 2 aliphatic rings. The van der Waals surface area contributed by atoms with E-state index in [2.05, 4.69) is 31.0 Å². The first kappa shape index (κ1) is 12.9. The Kier molecular flexibility index (Phi) is 4.08. The summed E-state index contributed by atoms with van der Waals surface area (Å²) in [5, 5.41) is 3.36. The van der Waals surface area contributed by atoms with Gasteiger partial charge in [-0.1, -0.05) is 27.2 Å². The molecule has 1 heterocycles. The van der Waals surface area contributed by atoms with E-state index in [0.717, 1.165) is 31.3 Å². The van der Waals surface area contributed by atoms with Crippen molar-refractivity contribution < 1.29 is 4.79 Å². The van der Waals surface area contributed by atoms with Gasteiger partial charge in [-0.05, 0) is 37.5 Å². The molecule has 0 radical (unpaired) electrons. The number of amides is 1. The normalized spacial score (nSPS) is 38.8. The summed E-state index contributed by atoms with van der Waals surface area (Å²) in [7, 11) is 0. The van der Waals surface area contributed by atoms with Crippen LogP contribution >= 0.6 is 0 Å². The first-order chi connectivity index (χ1) is 8.13. The van der Waals surface area contributed by atoms with Gasteiger partial charge in [0.05, 0.1) is 12.7 Å². The topological polar surface area (TPSA) is 32.3 Å². The Hall–Kier alpha value is -0.570. The third-order valence-corrected chi connectivity index (χ3v) is 4.68. The molecule has 0 aromatic rings. The summed E-state index contributed by atoms with van der Waals surface area (Å²) >= 11 is 0. The fourth-order valence-electron chi connectivity index (χ4n) is 3.20. The third-order valence-electron chi connectivity index (χ3n) is 4.68. The molecule has 4 unspecified atom stereocenters. The zero-order valence-corrected chi connectivity index (χ0v) is 11.4. The number of nitrogens with zero attached hydrogens (tertiary/aromatic N) is 1. The number of rotatable bonds is 3. The van der Waals surface area contributed by atoms with Gasteiger partial charge in [0.1, 0.15) is 0 Å². The van der Waals surface area contributed by atoms with Gasteiger partial charge < -0.3 is 4.90 Å². The molecule has 2 fully saturated rings. The Labute approximate surface area is 105 Å². The Morgan fingerprint density at radius 3 is 2.71 bits per heavy atom. The van der Waals surface area contributed by atoms with E-state index in [-0.39, 0.29) is 6.04 Å². The van der Waals surface area contributed by atoms with Gasteiger partial charge in [0.25, 0.3) is 0 Å². The van der Waals surface area contributed by atoms with Crippen LogP contribution in [-0.2, 0) is 4.79 Å². The molecule has 98 valence electrons. The van der Waals surface area contributed by atoms with E-state index < -0.39 is 0 Å². The van der Waals surface area contributed by atoms with Crippen LogP contribution in [0.4, 0.5) is 0 Å². The fraction of sp³-hybridized carbons (Fsp3) is 0.929. The van der Waals surface area contributed by atoms with Gasteiger partial charge in [-0.25, -0.2) is 0 Å². The standard InChI is InChI=1S/C14H26N2O/c1-4-5-13-14(17)16(9-15-13)12-7-6-10(2)11(3)8-12/h10-13,15H,4-9H2,1-3H3. The fourth-order valence-corrected chi connectivity index (χ4v) is 3.20. The first-order valence-electron chi connectivity index (χ1n) is 7.17. The Morgan fingerprint density at radius 1 is 1.29 bits per heavy atom. The van der Waals surface area contributed by atoms with E-state index in [0.29, 0.717) is 11.9 Å². The molecule has 1 amide bonds. The minimum atomic E-state index is 0.0923. The third kappa shape index (κ3) is 2.65. The number of carbonyl (C=O) groups is 1. The lowest BCUT2D eigenvalue weighted by Gasteiger charge is -2.37. The van der Waals surface area contributed by atoms with Crippen LogP contribution in [0, 0.1) is 11.8 Å². The summed E-state index contributed by atoms with van der Waals surface area (Å²) in [6.07, 6.45) is 5.71. The Bertz CT molecular complexity index is 279. The Balaban J connectivity index is 1.93. The molecule has 2 rings (SSSR count). The summed E-state index contributed by atoms with van der Waals surface area (Å²) in [4.78, 5) is 14.3. The quantitative estimate of drug-likeness (QED) is 0.818. The van der Waals surface area contributed by atoms with Gasteiger partial charge in [0, 0.05) is 6.04 Å². The lowest BCUT2D eigenvalue weighted by Crippen LogP contribution is -2.42. The van der Waals surface area contributed by atoms with Crippen LogP contribution in [0.15, 0.2) is 0 Å². The molecule has 3 heteroatoms. The monoisotopic (exact) mass is 238 g/mol. The van der Waals surface area contributed by atoms with Crippen molar-refractivity contribution in [1.82, 2.24) is 10.2 Å². The molecule has 1 aliphatic carbocycles. The number of hydrogen-bond donors (Lipinski definition) is 1. The summed E-state index contributed by atoms with van der Waals surface area (Å²) in [5.41, 5.74) is 0. The first-order valence-corrected chi connectivity index (χ1v) is 7.17. The highest BCUT2D eigenvalue weighted by Gasteiger charge is 2.37. The molecule has 1 aliphatic heterocycles. The van der Waals surface area contributed by atoms with E-state index in [1.54, 1.807) is 0 Å². The lowest BCUT2D eigenvalue weighted by molar-refractivity contribution is -0.132. The van der Waals surface area contributed by atoms with E-state index in [1.165, 1.54) is 19.3 Å². The SMILES string of the molecule is CCCC1NCN(C2CCC(C)C(C)C2)C1=O. The van der Waals surface area contributed by atoms with Gasteiger partial charge in [-0.2, -0.15) is 0 Å². The summed E-state index contributed by atoms with van der Waals surface area (Å²) in [6, 6.07) is 0.581. The highest BCUT2D eigenvalue weighted by atomic mass is 16.2. The minimum Gasteiger partial charge on any atom is -0.326 e. The van der Waals surface area contributed by atoms with Crippen LogP contribution in [0.5, 0.6) is 0 Å². The molecule has 17 heavy (non-hydrogen) atoms. The molecule has 1 saturated heterocycles. The predicted molar refractivity (Wildman–Crippen MR) is 69.5 cm³/mol. The van der Waals surface area contributed by atoms with Crippen molar-refractivity contribution in [3.63, 3.8) is 0 Å². The maximum Gasteiger partial charge on any atom is 0.241 e. The maximum absolute atomic E-state index is 12.2. The summed E-state index contributed by atoms with van der Waals surface area (Å²) in [6.45, 7) is 7.58. The zero-order chi connectivity index (χ0) is 12.4. The van der Waals surface area contributed by atoms with Crippen LogP contribution in [-0.4, -0.2) is 29.6 Å². The van der Waals surface area contributed by atoms with Crippen molar-refractivity contribution in [3.05, 3.63) is 0 Å². The van der Waals surface area contributed by atoms with Gasteiger partial charge in [0.15, 0.2) is 0 Å². The largest absolute Gasteiger partial charge is 0.326 e.